The smallest absolute Gasteiger partial charge is 0.377 e. The predicted molar refractivity (Wildman–Crippen MR) is 110 cm³/mol. The largest absolute Gasteiger partial charge is 0.416 e. The topological polar surface area (TPSA) is 24.5 Å². The third kappa shape index (κ3) is 5.52. The van der Waals surface area contributed by atoms with Crippen molar-refractivity contribution in [3.05, 3.63) is 64.7 Å². The molecular weight excluding hydrogens is 377 g/mol. The van der Waals surface area contributed by atoms with E-state index in [2.05, 4.69) is 35.3 Å². The molecule has 3 rings (SSSR count). The number of nitrogens with one attached hydrogen (secondary N) is 1. The molecule has 0 radical (unpaired) electrons. The summed E-state index contributed by atoms with van der Waals surface area (Å²) in [6.45, 7) is 6.17. The van der Waals surface area contributed by atoms with E-state index in [1.54, 1.807) is 19.2 Å². The molecule has 0 bridgehead atoms. The Morgan fingerprint density at radius 1 is 1.07 bits per heavy atom. The molecule has 1 unspecified atom stereocenters. The number of rotatable bonds is 7. The lowest BCUT2D eigenvalue weighted by Crippen LogP contribution is -2.43. The van der Waals surface area contributed by atoms with Crippen LogP contribution in [0.4, 0.5) is 18.9 Å². The monoisotopic (exact) mass is 406 g/mol. The SMILES string of the molecule is CCc1cc(C(CCc2ccc(C(F)(F)F)cc2)OC)ccc1N1CCNCC1. The zero-order valence-electron chi connectivity index (χ0n) is 17.1. The molecule has 1 fully saturated rings. The van der Waals surface area contributed by atoms with Crippen LogP contribution in [0.1, 0.15) is 41.7 Å². The molecule has 1 atom stereocenters. The molecule has 158 valence electrons. The van der Waals surface area contributed by atoms with Crippen LogP contribution in [-0.4, -0.2) is 33.3 Å². The first kappa shape index (κ1) is 21.7. The van der Waals surface area contributed by atoms with Crippen LogP contribution >= 0.6 is 0 Å². The Morgan fingerprint density at radius 3 is 2.34 bits per heavy atom. The third-order valence-corrected chi connectivity index (χ3v) is 5.57. The lowest BCUT2D eigenvalue weighted by Gasteiger charge is -2.31. The summed E-state index contributed by atoms with van der Waals surface area (Å²) in [5.74, 6) is 0. The number of ether oxygens (including phenoxy) is 1. The van der Waals surface area contributed by atoms with Gasteiger partial charge in [0, 0.05) is 39.0 Å². The Labute approximate surface area is 170 Å². The Hall–Kier alpha value is -2.05. The fourth-order valence-electron chi connectivity index (χ4n) is 3.88. The average molecular weight is 406 g/mol. The Morgan fingerprint density at radius 2 is 1.76 bits per heavy atom. The van der Waals surface area contributed by atoms with E-state index in [1.165, 1.54) is 11.3 Å². The maximum atomic E-state index is 12.7. The molecule has 2 aromatic carbocycles. The van der Waals surface area contributed by atoms with Gasteiger partial charge in [0.05, 0.1) is 11.7 Å². The molecule has 2 aromatic rings. The number of halogens is 3. The summed E-state index contributed by atoms with van der Waals surface area (Å²) in [6.07, 6.45) is -2.05. The number of methoxy groups -OCH3 is 1. The van der Waals surface area contributed by atoms with Crippen molar-refractivity contribution >= 4 is 5.69 Å². The molecule has 0 spiro atoms. The summed E-state index contributed by atoms with van der Waals surface area (Å²) in [5.41, 5.74) is 3.99. The zero-order valence-corrected chi connectivity index (χ0v) is 17.1. The maximum Gasteiger partial charge on any atom is 0.416 e. The second-order valence-electron chi connectivity index (χ2n) is 7.44. The maximum absolute atomic E-state index is 12.7. The lowest BCUT2D eigenvalue weighted by molar-refractivity contribution is -0.137. The van der Waals surface area contributed by atoms with Crippen molar-refractivity contribution in [2.75, 3.05) is 38.2 Å². The molecule has 1 saturated heterocycles. The van der Waals surface area contributed by atoms with Crippen molar-refractivity contribution in [2.45, 2.75) is 38.5 Å². The van der Waals surface area contributed by atoms with E-state index >= 15 is 0 Å². The van der Waals surface area contributed by atoms with Crippen molar-refractivity contribution in [1.29, 1.82) is 0 Å². The predicted octanol–water partition coefficient (Wildman–Crippen LogP) is 5.00. The fraction of sp³-hybridized carbons (Fsp3) is 0.478. The zero-order chi connectivity index (χ0) is 20.9. The summed E-state index contributed by atoms with van der Waals surface area (Å²) in [6, 6.07) is 11.9. The van der Waals surface area contributed by atoms with Gasteiger partial charge < -0.3 is 15.0 Å². The number of hydrogen-bond acceptors (Lipinski definition) is 3. The van der Waals surface area contributed by atoms with Gasteiger partial charge in [-0.3, -0.25) is 0 Å². The minimum atomic E-state index is -4.30. The first-order valence-electron chi connectivity index (χ1n) is 10.2. The Kier molecular flexibility index (Phi) is 7.19. The number of hydrogen-bond donors (Lipinski definition) is 1. The molecule has 3 nitrogen and oxygen atoms in total. The summed E-state index contributed by atoms with van der Waals surface area (Å²) in [5, 5.41) is 3.38. The Balaban J connectivity index is 1.69. The standard InChI is InChI=1S/C23H29F3N2O/c1-3-18-16-19(7-10-21(18)28-14-12-27-13-15-28)22(29-2)11-6-17-4-8-20(9-5-17)23(24,25)26/h4-5,7-10,16,22,27H,3,6,11-15H2,1-2H3. The van der Waals surface area contributed by atoms with Gasteiger partial charge in [0.15, 0.2) is 0 Å². The minimum Gasteiger partial charge on any atom is -0.377 e. The highest BCUT2D eigenvalue weighted by atomic mass is 19.4. The van der Waals surface area contributed by atoms with Gasteiger partial charge in [0.25, 0.3) is 0 Å². The van der Waals surface area contributed by atoms with Gasteiger partial charge in [-0.25, -0.2) is 0 Å². The molecule has 0 aromatic heterocycles. The number of piperazine rings is 1. The molecule has 1 aliphatic rings. The molecular formula is C23H29F3N2O. The highest BCUT2D eigenvalue weighted by Gasteiger charge is 2.29. The highest BCUT2D eigenvalue weighted by Crippen LogP contribution is 2.31. The van der Waals surface area contributed by atoms with Crippen LogP contribution in [-0.2, 0) is 23.8 Å². The van der Waals surface area contributed by atoms with E-state index in [0.29, 0.717) is 6.42 Å². The molecule has 6 heteroatoms. The number of aryl methyl sites for hydroxylation is 2. The van der Waals surface area contributed by atoms with Gasteiger partial charge in [-0.05, 0) is 54.2 Å². The second-order valence-corrected chi connectivity index (χ2v) is 7.44. The van der Waals surface area contributed by atoms with Crippen molar-refractivity contribution in [3.8, 4) is 0 Å². The van der Waals surface area contributed by atoms with Crippen molar-refractivity contribution in [2.24, 2.45) is 0 Å². The van der Waals surface area contributed by atoms with E-state index in [0.717, 1.165) is 62.3 Å². The van der Waals surface area contributed by atoms with Crippen LogP contribution in [0.2, 0.25) is 0 Å². The normalized spacial score (nSPS) is 16.1. The number of anilines is 1. The van der Waals surface area contributed by atoms with Gasteiger partial charge in [-0.1, -0.05) is 31.2 Å². The summed E-state index contributed by atoms with van der Waals surface area (Å²) in [7, 11) is 1.69. The van der Waals surface area contributed by atoms with E-state index in [4.69, 9.17) is 4.74 Å². The minimum absolute atomic E-state index is 0.0836. The second kappa shape index (κ2) is 9.63. The average Bonchev–Trinajstić information content (AvgIpc) is 2.74. The molecule has 0 aliphatic carbocycles. The van der Waals surface area contributed by atoms with Crippen molar-refractivity contribution in [1.82, 2.24) is 5.32 Å². The first-order valence-corrected chi connectivity index (χ1v) is 10.2. The summed E-state index contributed by atoms with van der Waals surface area (Å²) in [4.78, 5) is 2.42. The van der Waals surface area contributed by atoms with Crippen molar-refractivity contribution in [3.63, 3.8) is 0 Å². The van der Waals surface area contributed by atoms with Crippen LogP contribution in [0.5, 0.6) is 0 Å². The van der Waals surface area contributed by atoms with Crippen LogP contribution in [0.25, 0.3) is 0 Å². The van der Waals surface area contributed by atoms with E-state index in [1.807, 2.05) is 0 Å². The van der Waals surface area contributed by atoms with Gasteiger partial charge in [0.1, 0.15) is 0 Å². The van der Waals surface area contributed by atoms with E-state index in [9.17, 15) is 13.2 Å². The quantitative estimate of drug-likeness (QED) is 0.701. The molecule has 1 heterocycles. The highest BCUT2D eigenvalue weighted by molar-refractivity contribution is 5.56. The van der Waals surface area contributed by atoms with Crippen LogP contribution in [0.3, 0.4) is 0 Å². The molecule has 0 saturated carbocycles. The first-order chi connectivity index (χ1) is 13.9. The summed E-state index contributed by atoms with van der Waals surface area (Å²) >= 11 is 0. The number of benzene rings is 2. The third-order valence-electron chi connectivity index (χ3n) is 5.57. The number of alkyl halides is 3. The van der Waals surface area contributed by atoms with Gasteiger partial charge >= 0.3 is 6.18 Å². The molecule has 1 aliphatic heterocycles. The van der Waals surface area contributed by atoms with Gasteiger partial charge in [-0.15, -0.1) is 0 Å². The summed E-state index contributed by atoms with van der Waals surface area (Å²) < 4.78 is 43.9. The Bertz CT molecular complexity index is 784. The van der Waals surface area contributed by atoms with E-state index < -0.39 is 11.7 Å². The van der Waals surface area contributed by atoms with Crippen molar-refractivity contribution < 1.29 is 17.9 Å². The lowest BCUT2D eigenvalue weighted by atomic mass is 9.97. The molecule has 1 N–H and O–H groups in total. The van der Waals surface area contributed by atoms with Gasteiger partial charge in [0.2, 0.25) is 0 Å². The van der Waals surface area contributed by atoms with Gasteiger partial charge in [-0.2, -0.15) is 13.2 Å². The van der Waals surface area contributed by atoms with Crippen LogP contribution in [0.15, 0.2) is 42.5 Å². The van der Waals surface area contributed by atoms with Crippen LogP contribution in [0, 0.1) is 0 Å². The fourth-order valence-corrected chi connectivity index (χ4v) is 3.88. The number of nitrogens with zero attached hydrogens (tertiary/aromatic N) is 1. The molecule has 29 heavy (non-hydrogen) atoms. The van der Waals surface area contributed by atoms with Crippen LogP contribution < -0.4 is 10.2 Å². The molecule has 0 amide bonds. The van der Waals surface area contributed by atoms with E-state index in [-0.39, 0.29) is 6.10 Å².